The molecule has 2 aromatic heterocycles. The molecule has 1 unspecified atom stereocenters. The molecular weight excluding hydrogens is 342 g/mol. The van der Waals surface area contributed by atoms with Gasteiger partial charge in [-0.15, -0.1) is 0 Å². The lowest BCUT2D eigenvalue weighted by molar-refractivity contribution is 0.0918. The minimum absolute atomic E-state index is 0.264. The van der Waals surface area contributed by atoms with Gasteiger partial charge in [0.1, 0.15) is 18.1 Å². The first-order chi connectivity index (χ1) is 13.1. The number of ether oxygens (including phenoxy) is 1. The van der Waals surface area contributed by atoms with Crippen LogP contribution in [0.15, 0.2) is 53.1 Å². The molecule has 0 spiro atoms. The average molecular weight is 367 g/mol. The van der Waals surface area contributed by atoms with Crippen molar-refractivity contribution < 1.29 is 13.9 Å². The van der Waals surface area contributed by atoms with Gasteiger partial charge in [0.15, 0.2) is 5.76 Å². The largest absolute Gasteiger partial charge is 0.486 e. The molecule has 6 nitrogen and oxygen atoms in total. The number of hydrogen-bond donors (Lipinski definition) is 1. The van der Waals surface area contributed by atoms with Crippen molar-refractivity contribution in [3.63, 3.8) is 0 Å². The van der Waals surface area contributed by atoms with E-state index >= 15 is 0 Å². The van der Waals surface area contributed by atoms with Gasteiger partial charge in [-0.3, -0.25) is 9.48 Å². The highest BCUT2D eigenvalue weighted by Crippen LogP contribution is 2.22. The van der Waals surface area contributed by atoms with E-state index in [2.05, 4.69) is 36.4 Å². The van der Waals surface area contributed by atoms with Gasteiger partial charge in [0.05, 0.1) is 12.2 Å². The zero-order valence-corrected chi connectivity index (χ0v) is 15.9. The smallest absolute Gasteiger partial charge is 0.287 e. The van der Waals surface area contributed by atoms with Crippen LogP contribution in [0.1, 0.15) is 53.8 Å². The van der Waals surface area contributed by atoms with Gasteiger partial charge in [-0.1, -0.05) is 26.0 Å². The Kier molecular flexibility index (Phi) is 5.96. The minimum Gasteiger partial charge on any atom is -0.486 e. The van der Waals surface area contributed by atoms with Gasteiger partial charge in [-0.2, -0.15) is 5.10 Å². The zero-order valence-electron chi connectivity index (χ0n) is 15.9. The fourth-order valence-corrected chi connectivity index (χ4v) is 2.69. The second-order valence-corrected chi connectivity index (χ2v) is 6.56. The van der Waals surface area contributed by atoms with Crippen LogP contribution in [0, 0.1) is 0 Å². The summed E-state index contributed by atoms with van der Waals surface area (Å²) in [5, 5.41) is 6.89. The van der Waals surface area contributed by atoms with Crippen LogP contribution in [0.2, 0.25) is 0 Å². The maximum absolute atomic E-state index is 12.2. The van der Waals surface area contributed by atoms with Gasteiger partial charge >= 0.3 is 0 Å². The Hall–Kier alpha value is -3.02. The number of aromatic nitrogens is 2. The van der Waals surface area contributed by atoms with Crippen molar-refractivity contribution in [2.24, 2.45) is 7.05 Å². The van der Waals surface area contributed by atoms with Crippen LogP contribution in [-0.2, 0) is 20.2 Å². The first kappa shape index (κ1) is 18.8. The molecule has 0 aliphatic rings. The van der Waals surface area contributed by atoms with E-state index in [9.17, 15) is 4.79 Å². The van der Waals surface area contributed by atoms with Gasteiger partial charge in [-0.05, 0) is 48.2 Å². The lowest BCUT2D eigenvalue weighted by atomic mass is 9.99. The van der Waals surface area contributed by atoms with Crippen molar-refractivity contribution in [3.8, 4) is 5.75 Å². The Morgan fingerprint density at radius 2 is 2.00 bits per heavy atom. The summed E-state index contributed by atoms with van der Waals surface area (Å²) in [6.45, 7) is 5.05. The Morgan fingerprint density at radius 1 is 1.22 bits per heavy atom. The Balaban J connectivity index is 1.51. The van der Waals surface area contributed by atoms with Gasteiger partial charge in [0, 0.05) is 13.2 Å². The molecule has 0 bridgehead atoms. The van der Waals surface area contributed by atoms with Gasteiger partial charge < -0.3 is 14.5 Å². The molecule has 0 radical (unpaired) electrons. The molecule has 3 rings (SSSR count). The summed E-state index contributed by atoms with van der Waals surface area (Å²) in [6, 6.07) is 13.4. The molecule has 27 heavy (non-hydrogen) atoms. The standard InChI is InChI=1S/C21H25N3O3/c1-4-15(2)16-5-7-18(8-6-16)26-14-19-9-10-20(27-19)21(25)22-13-17-11-12-23-24(17)3/h5-12,15H,4,13-14H2,1-3H3,(H,22,25). The number of carbonyl (C=O) groups is 1. The van der Waals surface area contributed by atoms with Crippen LogP contribution in [0.3, 0.4) is 0 Å². The Morgan fingerprint density at radius 3 is 2.67 bits per heavy atom. The summed E-state index contributed by atoms with van der Waals surface area (Å²) in [5.41, 5.74) is 2.22. The second kappa shape index (κ2) is 8.58. The number of aryl methyl sites for hydroxylation is 1. The summed E-state index contributed by atoms with van der Waals surface area (Å²) in [7, 11) is 1.83. The maximum Gasteiger partial charge on any atom is 0.287 e. The summed E-state index contributed by atoms with van der Waals surface area (Å²) in [6.07, 6.45) is 2.80. The highest BCUT2D eigenvalue weighted by atomic mass is 16.5. The molecule has 6 heteroatoms. The third-order valence-corrected chi connectivity index (χ3v) is 4.68. The van der Waals surface area contributed by atoms with E-state index < -0.39 is 0 Å². The number of furan rings is 1. The molecule has 0 aliphatic carbocycles. The number of benzene rings is 1. The van der Waals surface area contributed by atoms with E-state index in [1.54, 1.807) is 23.0 Å². The molecule has 0 fully saturated rings. The van der Waals surface area contributed by atoms with Crippen molar-refractivity contribution in [2.75, 3.05) is 0 Å². The van der Waals surface area contributed by atoms with Gasteiger partial charge in [-0.25, -0.2) is 0 Å². The molecule has 3 aromatic rings. The normalized spacial score (nSPS) is 12.0. The van der Waals surface area contributed by atoms with E-state index in [-0.39, 0.29) is 18.3 Å². The van der Waals surface area contributed by atoms with Crippen LogP contribution in [0.5, 0.6) is 5.75 Å². The molecular formula is C21H25N3O3. The number of rotatable bonds is 8. The molecule has 142 valence electrons. The SMILES string of the molecule is CCC(C)c1ccc(OCc2ccc(C(=O)NCc3ccnn3C)o2)cc1. The van der Waals surface area contributed by atoms with Gasteiger partial charge in [0.25, 0.3) is 5.91 Å². The van der Waals surface area contributed by atoms with E-state index in [1.165, 1.54) is 5.56 Å². The first-order valence-electron chi connectivity index (χ1n) is 9.13. The van der Waals surface area contributed by atoms with Crippen LogP contribution in [-0.4, -0.2) is 15.7 Å². The molecule has 0 aliphatic heterocycles. The quantitative estimate of drug-likeness (QED) is 0.652. The lowest BCUT2D eigenvalue weighted by Crippen LogP contribution is -2.23. The van der Waals surface area contributed by atoms with Crippen molar-refractivity contribution >= 4 is 5.91 Å². The predicted molar refractivity (Wildman–Crippen MR) is 103 cm³/mol. The number of nitrogens with one attached hydrogen (secondary N) is 1. The van der Waals surface area contributed by atoms with E-state index in [0.717, 1.165) is 17.9 Å². The highest BCUT2D eigenvalue weighted by molar-refractivity contribution is 5.91. The molecule has 1 N–H and O–H groups in total. The van der Waals surface area contributed by atoms with Crippen molar-refractivity contribution in [1.82, 2.24) is 15.1 Å². The summed E-state index contributed by atoms with van der Waals surface area (Å²) in [4.78, 5) is 12.2. The first-order valence-corrected chi connectivity index (χ1v) is 9.13. The van der Waals surface area contributed by atoms with Crippen LogP contribution in [0.25, 0.3) is 0 Å². The second-order valence-electron chi connectivity index (χ2n) is 6.56. The summed E-state index contributed by atoms with van der Waals surface area (Å²) in [5.74, 6) is 1.92. The van der Waals surface area contributed by atoms with Crippen LogP contribution < -0.4 is 10.1 Å². The zero-order chi connectivity index (χ0) is 19.2. The van der Waals surface area contributed by atoms with Crippen molar-refractivity contribution in [3.05, 3.63) is 71.4 Å². The molecule has 0 saturated carbocycles. The van der Waals surface area contributed by atoms with E-state index in [1.807, 2.05) is 25.2 Å². The average Bonchev–Trinajstić information content (AvgIpc) is 3.33. The Bertz CT molecular complexity index is 880. The fourth-order valence-electron chi connectivity index (χ4n) is 2.69. The third kappa shape index (κ3) is 4.78. The van der Waals surface area contributed by atoms with Gasteiger partial charge in [0.2, 0.25) is 0 Å². The number of hydrogen-bond acceptors (Lipinski definition) is 4. The van der Waals surface area contributed by atoms with E-state index in [4.69, 9.17) is 9.15 Å². The molecule has 2 heterocycles. The fraction of sp³-hybridized carbons (Fsp3) is 0.333. The third-order valence-electron chi connectivity index (χ3n) is 4.68. The molecule has 1 amide bonds. The lowest BCUT2D eigenvalue weighted by Gasteiger charge is -2.10. The Labute approximate surface area is 159 Å². The molecule has 0 saturated heterocycles. The monoisotopic (exact) mass is 367 g/mol. The van der Waals surface area contributed by atoms with E-state index in [0.29, 0.717) is 18.2 Å². The van der Waals surface area contributed by atoms with Crippen LogP contribution in [0.4, 0.5) is 0 Å². The highest BCUT2D eigenvalue weighted by Gasteiger charge is 2.12. The number of amides is 1. The summed E-state index contributed by atoms with van der Waals surface area (Å²) < 4.78 is 13.1. The molecule has 1 aromatic carbocycles. The van der Waals surface area contributed by atoms with Crippen LogP contribution >= 0.6 is 0 Å². The van der Waals surface area contributed by atoms with Crippen molar-refractivity contribution in [1.29, 1.82) is 0 Å². The predicted octanol–water partition coefficient (Wildman–Crippen LogP) is 4.04. The summed E-state index contributed by atoms with van der Waals surface area (Å²) >= 11 is 0. The minimum atomic E-state index is -0.264. The number of nitrogens with zero attached hydrogens (tertiary/aromatic N) is 2. The molecule has 1 atom stereocenters. The maximum atomic E-state index is 12.2. The topological polar surface area (TPSA) is 69.3 Å². The van der Waals surface area contributed by atoms with Crippen molar-refractivity contribution in [2.45, 2.75) is 39.3 Å². The number of carbonyl (C=O) groups excluding carboxylic acids is 1.